The summed E-state index contributed by atoms with van der Waals surface area (Å²) < 4.78 is 7.14. The van der Waals surface area contributed by atoms with Crippen molar-refractivity contribution in [2.75, 3.05) is 19.6 Å². The average molecular weight is 438 g/mol. The lowest BCUT2D eigenvalue weighted by atomic mass is 10.1. The Morgan fingerprint density at radius 3 is 2.96 bits per heavy atom. The minimum absolute atomic E-state index is 0.515. The Morgan fingerprint density at radius 1 is 1.27 bits per heavy atom. The molecule has 0 saturated carbocycles. The van der Waals surface area contributed by atoms with Gasteiger partial charge >= 0.3 is 0 Å². The molecule has 0 spiro atoms. The molecule has 2 aromatic rings. The normalized spacial score (nSPS) is 17.6. The molecule has 3 nitrogen and oxygen atoms in total. The zero-order valence-electron chi connectivity index (χ0n) is 15.2. The van der Waals surface area contributed by atoms with Gasteiger partial charge < -0.3 is 10.1 Å². The van der Waals surface area contributed by atoms with E-state index in [1.807, 2.05) is 36.4 Å². The van der Waals surface area contributed by atoms with Crippen molar-refractivity contribution in [1.29, 1.82) is 0 Å². The highest BCUT2D eigenvalue weighted by Crippen LogP contribution is 2.25. The van der Waals surface area contributed by atoms with Crippen LogP contribution in [0.25, 0.3) is 0 Å². The third kappa shape index (κ3) is 5.46. The van der Waals surface area contributed by atoms with E-state index < -0.39 is 0 Å². The second kappa shape index (κ2) is 9.75. The maximum Gasteiger partial charge on any atom is 0.124 e. The number of halogens is 2. The number of hydrogen-bond donors (Lipinski definition) is 1. The summed E-state index contributed by atoms with van der Waals surface area (Å²) in [6.45, 7) is 6.95. The number of hydrogen-bond acceptors (Lipinski definition) is 3. The van der Waals surface area contributed by atoms with Gasteiger partial charge in [0.25, 0.3) is 0 Å². The van der Waals surface area contributed by atoms with Crippen LogP contribution in [-0.2, 0) is 13.2 Å². The Kier molecular flexibility index (Phi) is 7.38. The number of nitrogens with zero attached hydrogens (tertiary/aromatic N) is 1. The SMILES string of the molecule is CCN1CCCC1CNCc1cc(Br)ccc1OCc1cccc(Cl)c1. The van der Waals surface area contributed by atoms with E-state index >= 15 is 0 Å². The van der Waals surface area contributed by atoms with Crippen LogP contribution in [0.2, 0.25) is 5.02 Å². The second-order valence-corrected chi connectivity index (χ2v) is 8.08. The van der Waals surface area contributed by atoms with Crippen molar-refractivity contribution in [3.8, 4) is 5.75 Å². The molecule has 0 aliphatic carbocycles. The number of likely N-dealkylation sites (tertiary alicyclic amines) is 1. The summed E-state index contributed by atoms with van der Waals surface area (Å²) in [5.74, 6) is 0.916. The predicted octanol–water partition coefficient (Wildman–Crippen LogP) is 5.26. The Hall–Kier alpha value is -1.07. The van der Waals surface area contributed by atoms with Crippen LogP contribution in [0.3, 0.4) is 0 Å². The lowest BCUT2D eigenvalue weighted by Gasteiger charge is -2.23. The first kappa shape index (κ1) is 19.7. The Morgan fingerprint density at radius 2 is 2.15 bits per heavy atom. The second-order valence-electron chi connectivity index (χ2n) is 6.73. The maximum absolute atomic E-state index is 6.07. The summed E-state index contributed by atoms with van der Waals surface area (Å²) >= 11 is 9.63. The molecule has 1 N–H and O–H groups in total. The van der Waals surface area contributed by atoms with Crippen LogP contribution in [0, 0.1) is 0 Å². The van der Waals surface area contributed by atoms with Crippen LogP contribution in [0.1, 0.15) is 30.9 Å². The van der Waals surface area contributed by atoms with Gasteiger partial charge in [0.1, 0.15) is 12.4 Å². The summed E-state index contributed by atoms with van der Waals surface area (Å²) in [5.41, 5.74) is 2.24. The fourth-order valence-corrected chi connectivity index (χ4v) is 4.15. The summed E-state index contributed by atoms with van der Waals surface area (Å²) in [6, 6.07) is 14.6. The van der Waals surface area contributed by atoms with Gasteiger partial charge in [-0.05, 0) is 61.8 Å². The molecule has 1 saturated heterocycles. The highest BCUT2D eigenvalue weighted by Gasteiger charge is 2.22. The molecule has 5 heteroatoms. The highest BCUT2D eigenvalue weighted by molar-refractivity contribution is 9.10. The first-order chi connectivity index (χ1) is 12.7. The zero-order chi connectivity index (χ0) is 18.4. The van der Waals surface area contributed by atoms with Crippen LogP contribution >= 0.6 is 27.5 Å². The predicted molar refractivity (Wildman–Crippen MR) is 112 cm³/mol. The van der Waals surface area contributed by atoms with Crippen LogP contribution < -0.4 is 10.1 Å². The zero-order valence-corrected chi connectivity index (χ0v) is 17.5. The van der Waals surface area contributed by atoms with Crippen LogP contribution in [0.15, 0.2) is 46.9 Å². The summed E-state index contributed by atoms with van der Waals surface area (Å²) in [4.78, 5) is 2.56. The first-order valence-electron chi connectivity index (χ1n) is 9.26. The third-order valence-corrected chi connectivity index (χ3v) is 5.63. The Bertz CT molecular complexity index is 725. The van der Waals surface area contributed by atoms with Crippen LogP contribution in [-0.4, -0.2) is 30.6 Å². The molecular weight excluding hydrogens is 412 g/mol. The standard InChI is InChI=1S/C21H26BrClN2O/c1-2-25-10-4-7-20(25)14-24-13-17-12-18(22)8-9-21(17)26-15-16-5-3-6-19(23)11-16/h3,5-6,8-9,11-12,20,24H,2,4,7,10,13-15H2,1H3. The van der Waals surface area contributed by atoms with Crippen LogP contribution in [0.5, 0.6) is 5.75 Å². The molecule has 1 aliphatic rings. The highest BCUT2D eigenvalue weighted by atomic mass is 79.9. The molecule has 1 unspecified atom stereocenters. The minimum Gasteiger partial charge on any atom is -0.489 e. The fraction of sp³-hybridized carbons (Fsp3) is 0.429. The molecule has 1 atom stereocenters. The van der Waals surface area contributed by atoms with Crippen molar-refractivity contribution < 1.29 is 4.74 Å². The average Bonchev–Trinajstić information content (AvgIpc) is 3.08. The van der Waals surface area contributed by atoms with Crippen molar-refractivity contribution in [3.63, 3.8) is 0 Å². The number of likely N-dealkylation sites (N-methyl/N-ethyl adjacent to an activating group) is 1. The monoisotopic (exact) mass is 436 g/mol. The van der Waals surface area contributed by atoms with Gasteiger partial charge in [0.2, 0.25) is 0 Å². The van der Waals surface area contributed by atoms with Gasteiger partial charge in [-0.1, -0.05) is 46.6 Å². The van der Waals surface area contributed by atoms with Crippen molar-refractivity contribution >= 4 is 27.5 Å². The molecule has 0 aromatic heterocycles. The summed E-state index contributed by atoms with van der Waals surface area (Å²) in [5, 5.41) is 4.36. The van der Waals surface area contributed by atoms with Gasteiger partial charge in [0.15, 0.2) is 0 Å². The summed E-state index contributed by atoms with van der Waals surface area (Å²) in [6.07, 6.45) is 2.60. The van der Waals surface area contributed by atoms with E-state index in [4.69, 9.17) is 16.3 Å². The van der Waals surface area contributed by atoms with Crippen molar-refractivity contribution in [1.82, 2.24) is 10.2 Å². The summed E-state index contributed by atoms with van der Waals surface area (Å²) in [7, 11) is 0. The van der Waals surface area contributed by atoms with Gasteiger partial charge in [-0.15, -0.1) is 0 Å². The van der Waals surface area contributed by atoms with Crippen LogP contribution in [0.4, 0.5) is 0 Å². The number of nitrogens with one attached hydrogen (secondary N) is 1. The molecule has 3 rings (SSSR count). The number of ether oxygens (including phenoxy) is 1. The van der Waals surface area contributed by atoms with Crippen molar-refractivity contribution in [2.24, 2.45) is 0 Å². The van der Waals surface area contributed by atoms with E-state index in [1.165, 1.54) is 24.9 Å². The number of rotatable bonds is 8. The van der Waals surface area contributed by atoms with E-state index in [9.17, 15) is 0 Å². The van der Waals surface area contributed by atoms with Gasteiger partial charge in [-0.3, -0.25) is 4.90 Å². The molecule has 0 bridgehead atoms. The van der Waals surface area contributed by atoms with E-state index in [0.29, 0.717) is 12.6 Å². The minimum atomic E-state index is 0.515. The van der Waals surface area contributed by atoms with Crippen molar-refractivity contribution in [2.45, 2.75) is 39.0 Å². The number of benzene rings is 2. The van der Waals surface area contributed by atoms with Crippen molar-refractivity contribution in [3.05, 3.63) is 63.1 Å². The topological polar surface area (TPSA) is 24.5 Å². The van der Waals surface area contributed by atoms with Gasteiger partial charge in [-0.2, -0.15) is 0 Å². The maximum atomic E-state index is 6.07. The largest absolute Gasteiger partial charge is 0.489 e. The molecule has 1 fully saturated rings. The quantitative estimate of drug-likeness (QED) is 0.610. The molecule has 1 aliphatic heterocycles. The van der Waals surface area contributed by atoms with Gasteiger partial charge in [-0.25, -0.2) is 0 Å². The van der Waals surface area contributed by atoms with E-state index in [1.54, 1.807) is 0 Å². The molecule has 2 aromatic carbocycles. The lowest BCUT2D eigenvalue weighted by Crippen LogP contribution is -2.37. The smallest absolute Gasteiger partial charge is 0.124 e. The molecule has 140 valence electrons. The van der Waals surface area contributed by atoms with E-state index in [-0.39, 0.29) is 0 Å². The Balaban J connectivity index is 1.58. The fourth-order valence-electron chi connectivity index (χ4n) is 3.53. The van der Waals surface area contributed by atoms with Gasteiger partial charge in [0, 0.05) is 34.2 Å². The molecular formula is C21H26BrClN2O. The van der Waals surface area contributed by atoms with Gasteiger partial charge in [0.05, 0.1) is 0 Å². The van der Waals surface area contributed by atoms with E-state index in [2.05, 4.69) is 39.1 Å². The van der Waals surface area contributed by atoms with E-state index in [0.717, 1.165) is 40.4 Å². The molecule has 26 heavy (non-hydrogen) atoms. The molecule has 0 radical (unpaired) electrons. The lowest BCUT2D eigenvalue weighted by molar-refractivity contribution is 0.259. The third-order valence-electron chi connectivity index (χ3n) is 4.91. The first-order valence-corrected chi connectivity index (χ1v) is 10.4. The molecule has 1 heterocycles. The molecule has 0 amide bonds. The Labute approximate surface area is 169 Å².